The van der Waals surface area contributed by atoms with Gasteiger partial charge < -0.3 is 10.4 Å². The molecule has 1 aromatic carbocycles. The Balaban J connectivity index is 2.33. The number of benzene rings is 1. The fourth-order valence-electron chi connectivity index (χ4n) is 2.78. The largest absolute Gasteiger partial charge is 0.396 e. The quantitative estimate of drug-likeness (QED) is 0.816. The molecule has 0 spiro atoms. The molecule has 1 saturated carbocycles. The van der Waals surface area contributed by atoms with Crippen LogP contribution in [0.15, 0.2) is 24.3 Å². The second kappa shape index (κ2) is 6.51. The number of rotatable bonds is 5. The molecule has 2 N–H and O–H groups in total. The summed E-state index contributed by atoms with van der Waals surface area (Å²) in [5, 5.41) is 12.9. The highest BCUT2D eigenvalue weighted by molar-refractivity contribution is 6.31. The van der Waals surface area contributed by atoms with Crippen LogP contribution in [0.25, 0.3) is 0 Å². The molecule has 0 heterocycles. The molecule has 19 heavy (non-hydrogen) atoms. The van der Waals surface area contributed by atoms with Crippen molar-refractivity contribution in [3.05, 3.63) is 34.9 Å². The molecule has 0 bridgehead atoms. The highest BCUT2D eigenvalue weighted by Gasteiger charge is 2.41. The highest BCUT2D eigenvalue weighted by atomic mass is 35.5. The smallest absolute Gasteiger partial charge is 0.157 e. The third kappa shape index (κ3) is 2.99. The topological polar surface area (TPSA) is 49.3 Å². The van der Waals surface area contributed by atoms with Gasteiger partial charge in [-0.1, -0.05) is 36.2 Å². The van der Waals surface area contributed by atoms with Crippen molar-refractivity contribution in [1.29, 1.82) is 0 Å². The van der Waals surface area contributed by atoms with Crippen molar-refractivity contribution < 1.29 is 9.90 Å². The maximum absolute atomic E-state index is 12.5. The maximum Gasteiger partial charge on any atom is 0.157 e. The minimum absolute atomic E-state index is 0.125. The number of carbonyl (C=O) groups excluding carboxylic acids is 1. The van der Waals surface area contributed by atoms with Crippen LogP contribution in [0.5, 0.6) is 0 Å². The van der Waals surface area contributed by atoms with E-state index in [1.807, 2.05) is 24.3 Å². The first kappa shape index (κ1) is 14.5. The molecule has 1 fully saturated rings. The van der Waals surface area contributed by atoms with E-state index >= 15 is 0 Å². The summed E-state index contributed by atoms with van der Waals surface area (Å²) in [4.78, 5) is 12.5. The van der Waals surface area contributed by atoms with Crippen LogP contribution >= 0.6 is 11.6 Å². The summed E-state index contributed by atoms with van der Waals surface area (Å²) in [5.41, 5.74) is 0.213. The van der Waals surface area contributed by atoms with Crippen LogP contribution < -0.4 is 5.32 Å². The molecule has 2 rings (SSSR count). The van der Waals surface area contributed by atoms with E-state index in [2.05, 4.69) is 5.32 Å². The van der Waals surface area contributed by atoms with Gasteiger partial charge in [0.25, 0.3) is 0 Å². The van der Waals surface area contributed by atoms with Gasteiger partial charge in [0.1, 0.15) is 5.54 Å². The molecule has 1 atom stereocenters. The summed E-state index contributed by atoms with van der Waals surface area (Å²) in [6.45, 7) is 0.743. The van der Waals surface area contributed by atoms with E-state index in [0.29, 0.717) is 24.4 Å². The van der Waals surface area contributed by atoms with Gasteiger partial charge in [-0.3, -0.25) is 4.79 Å². The summed E-state index contributed by atoms with van der Waals surface area (Å²) in [6.07, 6.45) is 3.98. The number of hydrogen-bond donors (Lipinski definition) is 2. The van der Waals surface area contributed by atoms with Crippen LogP contribution in [0.3, 0.4) is 0 Å². The van der Waals surface area contributed by atoms with E-state index in [9.17, 15) is 4.79 Å². The molecule has 1 aliphatic rings. The van der Waals surface area contributed by atoms with E-state index in [0.717, 1.165) is 24.8 Å². The molecule has 0 amide bonds. The van der Waals surface area contributed by atoms with Gasteiger partial charge in [-0.25, -0.2) is 0 Å². The first-order chi connectivity index (χ1) is 9.20. The van der Waals surface area contributed by atoms with Gasteiger partial charge in [-0.05, 0) is 37.4 Å². The predicted octanol–water partition coefficient (Wildman–Crippen LogP) is 2.65. The van der Waals surface area contributed by atoms with Crippen molar-refractivity contribution in [1.82, 2.24) is 5.32 Å². The van der Waals surface area contributed by atoms with Gasteiger partial charge in [-0.15, -0.1) is 0 Å². The normalized spacial score (nSPS) is 23.6. The van der Waals surface area contributed by atoms with Gasteiger partial charge >= 0.3 is 0 Å². The Bertz CT molecular complexity index is 450. The average Bonchev–Trinajstić information content (AvgIpc) is 2.42. The average molecular weight is 282 g/mol. The van der Waals surface area contributed by atoms with Crippen molar-refractivity contribution in [3.63, 3.8) is 0 Å². The van der Waals surface area contributed by atoms with Gasteiger partial charge in [0, 0.05) is 18.1 Å². The number of nitrogens with one attached hydrogen (secondary N) is 1. The first-order valence-electron chi connectivity index (χ1n) is 6.85. The summed E-state index contributed by atoms with van der Waals surface area (Å²) >= 11 is 6.28. The van der Waals surface area contributed by atoms with Gasteiger partial charge in [0.05, 0.1) is 0 Å². The molecule has 0 saturated heterocycles. The highest BCUT2D eigenvalue weighted by Crippen LogP contribution is 2.37. The van der Waals surface area contributed by atoms with Crippen molar-refractivity contribution in [3.8, 4) is 0 Å². The van der Waals surface area contributed by atoms with Crippen molar-refractivity contribution in [2.24, 2.45) is 0 Å². The number of Topliss-reactive ketones (excluding diaryl/α,β-unsaturated/α-hetero) is 1. The molecule has 3 nitrogen and oxygen atoms in total. The van der Waals surface area contributed by atoms with Crippen molar-refractivity contribution >= 4 is 17.4 Å². The van der Waals surface area contributed by atoms with E-state index < -0.39 is 5.54 Å². The van der Waals surface area contributed by atoms with Gasteiger partial charge in [0.2, 0.25) is 0 Å². The minimum atomic E-state index is -0.661. The Hall–Kier alpha value is -0.900. The predicted molar refractivity (Wildman–Crippen MR) is 76.3 cm³/mol. The van der Waals surface area contributed by atoms with Gasteiger partial charge in [-0.2, -0.15) is 0 Å². The molecule has 0 aromatic heterocycles. The number of ketones is 1. The molecule has 1 aromatic rings. The summed E-state index contributed by atoms with van der Waals surface area (Å²) in [5.74, 6) is 0.213. The summed E-state index contributed by atoms with van der Waals surface area (Å²) in [7, 11) is 0. The Kier molecular flexibility index (Phi) is 4.97. The summed E-state index contributed by atoms with van der Waals surface area (Å²) < 4.78 is 0. The number of aliphatic hydroxyl groups is 1. The second-order valence-electron chi connectivity index (χ2n) is 5.02. The third-order valence-corrected chi connectivity index (χ3v) is 4.11. The van der Waals surface area contributed by atoms with Crippen molar-refractivity contribution in [2.75, 3.05) is 13.2 Å². The molecule has 0 aliphatic heterocycles. The van der Waals surface area contributed by atoms with Crippen molar-refractivity contribution in [2.45, 2.75) is 37.6 Å². The van der Waals surface area contributed by atoms with Gasteiger partial charge in [0.15, 0.2) is 5.78 Å². The lowest BCUT2D eigenvalue weighted by Gasteiger charge is -2.38. The lowest BCUT2D eigenvalue weighted by Crippen LogP contribution is -2.51. The minimum Gasteiger partial charge on any atom is -0.396 e. The third-order valence-electron chi connectivity index (χ3n) is 3.78. The van der Waals surface area contributed by atoms with E-state index in [1.165, 1.54) is 0 Å². The monoisotopic (exact) mass is 281 g/mol. The summed E-state index contributed by atoms with van der Waals surface area (Å²) in [6, 6.07) is 7.55. The standard InChI is InChI=1S/C15H20ClNO2/c16-13-7-2-1-6-12(13)15(17-10-5-11-18)9-4-3-8-14(15)19/h1-2,6-7,17-18H,3-5,8-11H2/t15-/m0/s1. The number of hydrogen-bond acceptors (Lipinski definition) is 3. The number of aliphatic hydroxyl groups excluding tert-OH is 1. The van der Waals surface area contributed by atoms with E-state index in [-0.39, 0.29) is 12.4 Å². The fourth-order valence-corrected chi connectivity index (χ4v) is 3.08. The van der Waals surface area contributed by atoms with Crippen LogP contribution in [-0.2, 0) is 10.3 Å². The van der Waals surface area contributed by atoms with E-state index in [1.54, 1.807) is 0 Å². The zero-order valence-corrected chi connectivity index (χ0v) is 11.7. The van der Waals surface area contributed by atoms with Crippen LogP contribution in [0.2, 0.25) is 5.02 Å². The zero-order valence-electron chi connectivity index (χ0n) is 11.0. The molecule has 104 valence electrons. The first-order valence-corrected chi connectivity index (χ1v) is 7.23. The Morgan fingerprint density at radius 3 is 2.79 bits per heavy atom. The Labute approximate surface area is 119 Å². The lowest BCUT2D eigenvalue weighted by atomic mass is 9.75. The second-order valence-corrected chi connectivity index (χ2v) is 5.43. The zero-order chi connectivity index (χ0) is 13.7. The molecule has 4 heteroatoms. The molecular formula is C15H20ClNO2. The SMILES string of the molecule is O=C1CCCC[C@]1(NCCCO)c1ccccc1Cl. The molecule has 1 aliphatic carbocycles. The van der Waals surface area contributed by atoms with Crippen LogP contribution in [0.1, 0.15) is 37.7 Å². The molecular weight excluding hydrogens is 262 g/mol. The number of carbonyl (C=O) groups is 1. The molecule has 0 radical (unpaired) electrons. The lowest BCUT2D eigenvalue weighted by molar-refractivity contribution is -0.128. The van der Waals surface area contributed by atoms with Crippen LogP contribution in [-0.4, -0.2) is 24.0 Å². The fraction of sp³-hybridized carbons (Fsp3) is 0.533. The van der Waals surface area contributed by atoms with Crippen LogP contribution in [0, 0.1) is 0 Å². The Morgan fingerprint density at radius 1 is 1.32 bits per heavy atom. The maximum atomic E-state index is 12.5. The number of halogens is 1. The molecule has 0 unspecified atom stereocenters. The Morgan fingerprint density at radius 2 is 2.11 bits per heavy atom. The van der Waals surface area contributed by atoms with Crippen LogP contribution in [0.4, 0.5) is 0 Å². The van der Waals surface area contributed by atoms with E-state index in [4.69, 9.17) is 16.7 Å².